The molecule has 1 aliphatic heterocycles. The highest BCUT2D eigenvalue weighted by Gasteiger charge is 2.33. The Balaban J connectivity index is 1.62. The molecule has 192 valence electrons. The monoisotopic (exact) mass is 562 g/mol. The number of rotatable bonds is 7. The maximum atomic E-state index is 13.8. The first kappa shape index (κ1) is 26.0. The Hall–Kier alpha value is -3.59. The lowest BCUT2D eigenvalue weighted by atomic mass is 9.96. The molecule has 0 bridgehead atoms. The van der Waals surface area contributed by atoms with E-state index in [0.29, 0.717) is 37.1 Å². The smallest absolute Gasteiger partial charge is 0.338 e. The SMILES string of the molecule is C=CCOC(=O)C1=C(C)N=c2s/c(=C\c3ccc(-c4cccc(Cl)c4)o3)c(=O)n2[C@@H]1c1ccc(SC)cc1. The first-order chi connectivity index (χ1) is 18.4. The van der Waals surface area contributed by atoms with E-state index in [-0.39, 0.29) is 12.2 Å². The van der Waals surface area contributed by atoms with Crippen molar-refractivity contribution >= 4 is 46.7 Å². The second-order valence-electron chi connectivity index (χ2n) is 8.45. The maximum Gasteiger partial charge on any atom is 0.338 e. The van der Waals surface area contributed by atoms with Crippen LogP contribution in [0.25, 0.3) is 17.4 Å². The van der Waals surface area contributed by atoms with E-state index in [1.54, 1.807) is 41.5 Å². The van der Waals surface area contributed by atoms with Gasteiger partial charge in [-0.05, 0) is 55.1 Å². The lowest BCUT2D eigenvalue weighted by Crippen LogP contribution is -2.39. The van der Waals surface area contributed by atoms with Gasteiger partial charge in [0.1, 0.15) is 18.1 Å². The summed E-state index contributed by atoms with van der Waals surface area (Å²) in [5.74, 6) is 0.630. The fourth-order valence-corrected chi connectivity index (χ4v) is 5.88. The molecule has 1 atom stereocenters. The molecule has 0 radical (unpaired) electrons. The molecule has 0 N–H and O–H groups in total. The van der Waals surface area contributed by atoms with Gasteiger partial charge in [-0.1, -0.05) is 59.9 Å². The fourth-order valence-electron chi connectivity index (χ4n) is 4.25. The number of benzene rings is 2. The van der Waals surface area contributed by atoms with Crippen LogP contribution in [0.5, 0.6) is 0 Å². The van der Waals surface area contributed by atoms with Crippen LogP contribution in [0.15, 0.2) is 104 Å². The molecule has 0 unspecified atom stereocenters. The van der Waals surface area contributed by atoms with Gasteiger partial charge in [-0.2, -0.15) is 0 Å². The minimum Gasteiger partial charge on any atom is -0.458 e. The predicted molar refractivity (Wildman–Crippen MR) is 152 cm³/mol. The van der Waals surface area contributed by atoms with Gasteiger partial charge in [0, 0.05) is 21.6 Å². The van der Waals surface area contributed by atoms with Crippen molar-refractivity contribution in [3.8, 4) is 11.3 Å². The molecule has 1 aliphatic rings. The molecule has 0 aliphatic carbocycles. The third kappa shape index (κ3) is 5.07. The van der Waals surface area contributed by atoms with Crippen LogP contribution in [-0.2, 0) is 9.53 Å². The number of allylic oxidation sites excluding steroid dienone is 1. The van der Waals surface area contributed by atoms with E-state index in [0.717, 1.165) is 16.0 Å². The molecule has 3 heterocycles. The molecule has 2 aromatic heterocycles. The average Bonchev–Trinajstić information content (AvgIpc) is 3.51. The van der Waals surface area contributed by atoms with Gasteiger partial charge in [0.15, 0.2) is 4.80 Å². The van der Waals surface area contributed by atoms with Crippen LogP contribution >= 0.6 is 34.7 Å². The van der Waals surface area contributed by atoms with Crippen LogP contribution in [0.2, 0.25) is 5.02 Å². The van der Waals surface area contributed by atoms with E-state index in [1.807, 2.05) is 54.8 Å². The van der Waals surface area contributed by atoms with Gasteiger partial charge in [-0.15, -0.1) is 11.8 Å². The number of thiazole rings is 1. The van der Waals surface area contributed by atoms with Crippen molar-refractivity contribution in [2.45, 2.75) is 17.9 Å². The Morgan fingerprint density at radius 1 is 1.24 bits per heavy atom. The Kier molecular flexibility index (Phi) is 7.56. The second-order valence-corrected chi connectivity index (χ2v) is 10.8. The van der Waals surface area contributed by atoms with Crippen molar-refractivity contribution in [1.82, 2.24) is 4.57 Å². The summed E-state index contributed by atoms with van der Waals surface area (Å²) < 4.78 is 13.4. The highest BCUT2D eigenvalue weighted by atomic mass is 35.5. The highest BCUT2D eigenvalue weighted by molar-refractivity contribution is 7.98. The summed E-state index contributed by atoms with van der Waals surface area (Å²) in [4.78, 5) is 33.1. The Morgan fingerprint density at radius 3 is 2.74 bits per heavy atom. The van der Waals surface area contributed by atoms with Gasteiger partial charge in [0.05, 0.1) is 21.8 Å². The van der Waals surface area contributed by atoms with Crippen molar-refractivity contribution in [2.24, 2.45) is 4.99 Å². The number of halogens is 1. The number of hydrogen-bond donors (Lipinski definition) is 0. The zero-order valence-corrected chi connectivity index (χ0v) is 23.0. The van der Waals surface area contributed by atoms with Gasteiger partial charge >= 0.3 is 5.97 Å². The summed E-state index contributed by atoms with van der Waals surface area (Å²) in [5, 5.41) is 0.608. The Bertz CT molecular complexity index is 1750. The molecule has 0 fully saturated rings. The van der Waals surface area contributed by atoms with Crippen molar-refractivity contribution in [2.75, 3.05) is 12.9 Å². The van der Waals surface area contributed by atoms with Crippen molar-refractivity contribution in [3.63, 3.8) is 0 Å². The number of ether oxygens (including phenoxy) is 1. The van der Waals surface area contributed by atoms with Gasteiger partial charge in [-0.25, -0.2) is 9.79 Å². The number of hydrogen-bond acceptors (Lipinski definition) is 7. The summed E-state index contributed by atoms with van der Waals surface area (Å²) in [7, 11) is 0. The molecule has 0 spiro atoms. The largest absolute Gasteiger partial charge is 0.458 e. The Labute approximate surface area is 232 Å². The molecule has 38 heavy (non-hydrogen) atoms. The first-order valence-electron chi connectivity index (χ1n) is 11.7. The number of aromatic nitrogens is 1. The molecule has 9 heteroatoms. The molecule has 2 aromatic carbocycles. The molecular formula is C29H23ClN2O4S2. The molecule has 0 saturated carbocycles. The van der Waals surface area contributed by atoms with Crippen LogP contribution in [0.4, 0.5) is 0 Å². The number of carbonyl (C=O) groups is 1. The second kappa shape index (κ2) is 11.0. The highest BCUT2D eigenvalue weighted by Crippen LogP contribution is 2.32. The van der Waals surface area contributed by atoms with Crippen LogP contribution in [0.1, 0.15) is 24.3 Å². The normalized spacial score (nSPS) is 15.2. The number of esters is 1. The lowest BCUT2D eigenvalue weighted by Gasteiger charge is -2.24. The van der Waals surface area contributed by atoms with E-state index in [2.05, 4.69) is 11.6 Å². The van der Waals surface area contributed by atoms with Gasteiger partial charge in [0.2, 0.25) is 0 Å². The number of nitrogens with zero attached hydrogens (tertiary/aromatic N) is 2. The fraction of sp³-hybridized carbons (Fsp3) is 0.138. The van der Waals surface area contributed by atoms with E-state index in [9.17, 15) is 9.59 Å². The third-order valence-corrected chi connectivity index (χ3v) is 7.98. The summed E-state index contributed by atoms with van der Waals surface area (Å²) in [6, 6.07) is 18.1. The first-order valence-corrected chi connectivity index (χ1v) is 14.1. The average molecular weight is 563 g/mol. The zero-order valence-electron chi connectivity index (χ0n) is 20.6. The van der Waals surface area contributed by atoms with Crippen molar-refractivity contribution in [3.05, 3.63) is 121 Å². The lowest BCUT2D eigenvalue weighted by molar-refractivity contribution is -0.138. The third-order valence-electron chi connectivity index (χ3n) is 6.01. The predicted octanol–water partition coefficient (Wildman–Crippen LogP) is 5.60. The van der Waals surface area contributed by atoms with Crippen LogP contribution in [0.3, 0.4) is 0 Å². The summed E-state index contributed by atoms with van der Waals surface area (Å²) in [6.07, 6.45) is 5.19. The molecule has 5 rings (SSSR count). The summed E-state index contributed by atoms with van der Waals surface area (Å²) in [5.41, 5.74) is 2.19. The van der Waals surface area contributed by atoms with Gasteiger partial charge in [-0.3, -0.25) is 9.36 Å². The molecular weight excluding hydrogens is 540 g/mol. The standard InChI is InChI=1S/C29H23ClN2O4S2/c1-4-14-35-28(34)25-17(2)31-29-32(26(25)18-8-11-22(37-3)12-9-18)27(33)24(38-29)16-21-10-13-23(36-21)19-6-5-7-20(30)15-19/h4-13,15-16,26H,1,14H2,2-3H3/b24-16-/t26-/m1/s1. The van der Waals surface area contributed by atoms with Crippen LogP contribution < -0.4 is 14.9 Å². The molecule has 0 amide bonds. The van der Waals surface area contributed by atoms with E-state index >= 15 is 0 Å². The molecule has 0 saturated heterocycles. The number of carbonyl (C=O) groups excluding carboxylic acids is 1. The minimum atomic E-state index is -0.680. The number of thioether (sulfide) groups is 1. The van der Waals surface area contributed by atoms with Gasteiger partial charge < -0.3 is 9.15 Å². The molecule has 6 nitrogen and oxygen atoms in total. The minimum absolute atomic E-state index is 0.0611. The number of fused-ring (bicyclic) bond motifs is 1. The van der Waals surface area contributed by atoms with Gasteiger partial charge in [0.25, 0.3) is 5.56 Å². The summed E-state index contributed by atoms with van der Waals surface area (Å²) >= 11 is 8.98. The summed E-state index contributed by atoms with van der Waals surface area (Å²) in [6.45, 7) is 5.44. The maximum absolute atomic E-state index is 13.8. The quantitative estimate of drug-likeness (QED) is 0.166. The topological polar surface area (TPSA) is 73.8 Å². The Morgan fingerprint density at radius 2 is 2.03 bits per heavy atom. The van der Waals surface area contributed by atoms with Crippen LogP contribution in [0, 0.1) is 0 Å². The van der Waals surface area contributed by atoms with Crippen molar-refractivity contribution < 1.29 is 13.9 Å². The van der Waals surface area contributed by atoms with E-state index in [1.165, 1.54) is 17.4 Å². The number of furan rings is 1. The van der Waals surface area contributed by atoms with E-state index < -0.39 is 12.0 Å². The molecule has 4 aromatic rings. The zero-order chi connectivity index (χ0) is 26.8. The van der Waals surface area contributed by atoms with E-state index in [4.69, 9.17) is 20.8 Å². The van der Waals surface area contributed by atoms with Crippen molar-refractivity contribution in [1.29, 1.82) is 0 Å². The van der Waals surface area contributed by atoms with Crippen LogP contribution in [-0.4, -0.2) is 23.4 Å².